The van der Waals surface area contributed by atoms with E-state index in [1.807, 2.05) is 60.7 Å². The first kappa shape index (κ1) is 30.1. The molecule has 1 N–H and O–H groups in total. The second-order valence-electron chi connectivity index (χ2n) is 11.6. The van der Waals surface area contributed by atoms with Gasteiger partial charge in [-0.2, -0.15) is 0 Å². The van der Waals surface area contributed by atoms with Crippen molar-refractivity contribution in [2.75, 3.05) is 19.8 Å². The molecule has 3 saturated heterocycles. The molecule has 3 unspecified atom stereocenters. The third kappa shape index (κ3) is 5.31. The highest BCUT2D eigenvalue weighted by molar-refractivity contribution is 8.02. The van der Waals surface area contributed by atoms with Gasteiger partial charge in [-0.15, -0.1) is 24.9 Å². The van der Waals surface area contributed by atoms with E-state index in [0.717, 1.165) is 17.5 Å². The largest absolute Gasteiger partial charge is 0.465 e. The summed E-state index contributed by atoms with van der Waals surface area (Å²) < 4.78 is 4.83. The van der Waals surface area contributed by atoms with E-state index in [9.17, 15) is 19.5 Å². The molecule has 0 radical (unpaired) electrons. The number of esters is 1. The summed E-state index contributed by atoms with van der Waals surface area (Å²) in [5.41, 5.74) is 1.93. The fourth-order valence-corrected chi connectivity index (χ4v) is 9.63. The van der Waals surface area contributed by atoms with Crippen molar-refractivity contribution in [2.45, 2.75) is 54.8 Å². The third-order valence-corrected chi connectivity index (χ3v) is 11.1. The van der Waals surface area contributed by atoms with Crippen LogP contribution in [-0.4, -0.2) is 74.5 Å². The Balaban J connectivity index is 1.57. The molecule has 0 saturated carbocycles. The molecule has 2 bridgehead atoms. The normalized spacial score (nSPS) is 28.3. The lowest BCUT2D eigenvalue weighted by Gasteiger charge is -2.42. The van der Waals surface area contributed by atoms with Gasteiger partial charge in [-0.05, 0) is 36.3 Å². The second-order valence-corrected chi connectivity index (χ2v) is 13.1. The SMILES string of the molecule is C=CCCOC(=O)[C@@H]1[C@@H]2CC(C)C3(S2)C(C(=O)N(CC=C)Cc2ccccc2)N([C@@H](CO)Cc2ccccc2)C(=O)[C@H]13. The van der Waals surface area contributed by atoms with Gasteiger partial charge in [-0.3, -0.25) is 14.4 Å². The number of fused-ring (bicyclic) bond motifs is 1. The van der Waals surface area contributed by atoms with E-state index < -0.39 is 28.7 Å². The van der Waals surface area contributed by atoms with Crippen molar-refractivity contribution in [3.05, 3.63) is 97.1 Å². The summed E-state index contributed by atoms with van der Waals surface area (Å²) in [6.45, 7) is 10.3. The smallest absolute Gasteiger partial charge is 0.310 e. The molecule has 5 rings (SSSR count). The molecule has 7 atom stereocenters. The van der Waals surface area contributed by atoms with E-state index in [1.165, 1.54) is 0 Å². The zero-order chi connectivity index (χ0) is 29.9. The number of ether oxygens (including phenoxy) is 1. The Morgan fingerprint density at radius 2 is 1.79 bits per heavy atom. The number of benzene rings is 2. The number of hydrogen-bond acceptors (Lipinski definition) is 6. The number of aliphatic hydroxyl groups is 1. The summed E-state index contributed by atoms with van der Waals surface area (Å²) in [5, 5.41) is 10.6. The lowest BCUT2D eigenvalue weighted by atomic mass is 9.66. The summed E-state index contributed by atoms with van der Waals surface area (Å²) in [4.78, 5) is 46.3. The van der Waals surface area contributed by atoms with E-state index >= 15 is 0 Å². The molecule has 0 aromatic heterocycles. The van der Waals surface area contributed by atoms with E-state index in [0.29, 0.717) is 25.9 Å². The number of thioether (sulfide) groups is 1. The summed E-state index contributed by atoms with van der Waals surface area (Å²) in [7, 11) is 0. The number of carbonyl (C=O) groups excluding carboxylic acids is 3. The van der Waals surface area contributed by atoms with Crippen LogP contribution in [0.5, 0.6) is 0 Å². The van der Waals surface area contributed by atoms with Crippen molar-refractivity contribution in [3.8, 4) is 0 Å². The van der Waals surface area contributed by atoms with Crippen LogP contribution in [0.2, 0.25) is 0 Å². The number of carbonyl (C=O) groups is 3. The standard InChI is InChI=1S/C34H40N2O5S/c1-4-6-18-41-33(40)28-27-19-23(3)34(42-27)29(28)31(38)36(26(22-37)20-24-13-9-7-10-14-24)30(34)32(39)35(17-5-2)21-25-15-11-8-12-16-25/h4-5,7-16,23,26-30,37H,1-2,6,17-22H2,3H3/t23?,26-,27+,28-,29+,30?,34?/m1/s1. The molecule has 3 fully saturated rings. The van der Waals surface area contributed by atoms with Crippen LogP contribution in [0.1, 0.15) is 30.9 Å². The van der Waals surface area contributed by atoms with Gasteiger partial charge in [0.05, 0.1) is 35.8 Å². The second kappa shape index (κ2) is 12.9. The number of likely N-dealkylation sites (tertiary alicyclic amines) is 1. The molecule has 1 spiro atoms. The van der Waals surface area contributed by atoms with Gasteiger partial charge in [0.2, 0.25) is 11.8 Å². The summed E-state index contributed by atoms with van der Waals surface area (Å²) in [5.74, 6) is -2.13. The first-order chi connectivity index (χ1) is 20.4. The zero-order valence-electron chi connectivity index (χ0n) is 24.1. The van der Waals surface area contributed by atoms with Crippen LogP contribution in [0, 0.1) is 17.8 Å². The molecular weight excluding hydrogens is 548 g/mol. The highest BCUT2D eigenvalue weighted by Gasteiger charge is 2.77. The van der Waals surface area contributed by atoms with Gasteiger partial charge < -0.3 is 19.6 Å². The van der Waals surface area contributed by atoms with Crippen molar-refractivity contribution in [1.29, 1.82) is 0 Å². The molecule has 3 aliphatic rings. The highest BCUT2D eigenvalue weighted by Crippen LogP contribution is 2.69. The first-order valence-electron chi connectivity index (χ1n) is 14.7. The molecule has 3 heterocycles. The van der Waals surface area contributed by atoms with Crippen LogP contribution in [0.3, 0.4) is 0 Å². The van der Waals surface area contributed by atoms with Gasteiger partial charge in [0.25, 0.3) is 0 Å². The Bertz CT molecular complexity index is 1300. The van der Waals surface area contributed by atoms with Gasteiger partial charge in [-0.1, -0.05) is 79.7 Å². The maximum absolute atomic E-state index is 14.8. The predicted octanol–water partition coefficient (Wildman–Crippen LogP) is 4.26. The summed E-state index contributed by atoms with van der Waals surface area (Å²) >= 11 is 1.61. The number of amides is 2. The minimum absolute atomic E-state index is 0.0102. The molecule has 42 heavy (non-hydrogen) atoms. The van der Waals surface area contributed by atoms with E-state index in [4.69, 9.17) is 4.74 Å². The third-order valence-electron chi connectivity index (χ3n) is 9.05. The molecule has 2 amide bonds. The lowest BCUT2D eigenvalue weighted by molar-refractivity contribution is -0.154. The summed E-state index contributed by atoms with van der Waals surface area (Å²) in [6.07, 6.45) is 5.04. The average molecular weight is 589 g/mol. The van der Waals surface area contributed by atoms with E-state index in [2.05, 4.69) is 20.1 Å². The van der Waals surface area contributed by atoms with Crippen LogP contribution < -0.4 is 0 Å². The van der Waals surface area contributed by atoms with Crippen LogP contribution in [-0.2, 0) is 32.1 Å². The predicted molar refractivity (Wildman–Crippen MR) is 164 cm³/mol. The molecular formula is C34H40N2O5S. The Kier molecular flexibility index (Phi) is 9.23. The first-order valence-corrected chi connectivity index (χ1v) is 15.6. The Hall–Kier alpha value is -3.36. The quantitative estimate of drug-likeness (QED) is 0.214. The van der Waals surface area contributed by atoms with Gasteiger partial charge in [0.15, 0.2) is 0 Å². The van der Waals surface area contributed by atoms with Crippen molar-refractivity contribution in [1.82, 2.24) is 9.80 Å². The Morgan fingerprint density at radius 3 is 2.40 bits per heavy atom. The number of nitrogens with zero attached hydrogens (tertiary/aromatic N) is 2. The zero-order valence-corrected chi connectivity index (χ0v) is 25.0. The molecule has 8 heteroatoms. The van der Waals surface area contributed by atoms with Crippen molar-refractivity contribution < 1.29 is 24.2 Å². The maximum atomic E-state index is 14.8. The van der Waals surface area contributed by atoms with Crippen LogP contribution >= 0.6 is 11.8 Å². The molecule has 3 aliphatic heterocycles. The average Bonchev–Trinajstić information content (AvgIpc) is 3.60. The molecule has 7 nitrogen and oxygen atoms in total. The fraction of sp³-hybridized carbons (Fsp3) is 0.441. The lowest BCUT2D eigenvalue weighted by Crippen LogP contribution is -2.59. The van der Waals surface area contributed by atoms with Crippen LogP contribution in [0.25, 0.3) is 0 Å². The van der Waals surface area contributed by atoms with Gasteiger partial charge >= 0.3 is 5.97 Å². The summed E-state index contributed by atoms with van der Waals surface area (Å²) in [6, 6.07) is 18.0. The van der Waals surface area contributed by atoms with Crippen molar-refractivity contribution in [2.24, 2.45) is 17.8 Å². The minimum atomic E-state index is -0.838. The Labute approximate surface area is 252 Å². The Morgan fingerprint density at radius 1 is 1.12 bits per heavy atom. The molecule has 0 aliphatic carbocycles. The molecule has 2 aromatic carbocycles. The van der Waals surface area contributed by atoms with Gasteiger partial charge in [-0.25, -0.2) is 0 Å². The number of rotatable bonds is 13. The van der Waals surface area contributed by atoms with Crippen LogP contribution in [0.15, 0.2) is 86.0 Å². The van der Waals surface area contributed by atoms with Crippen molar-refractivity contribution in [3.63, 3.8) is 0 Å². The fourth-order valence-electron chi connectivity index (χ4n) is 7.24. The van der Waals surface area contributed by atoms with E-state index in [1.54, 1.807) is 33.7 Å². The topological polar surface area (TPSA) is 87.2 Å². The highest BCUT2D eigenvalue weighted by atomic mass is 32.2. The van der Waals surface area contributed by atoms with Crippen LogP contribution in [0.4, 0.5) is 0 Å². The molecule has 2 aromatic rings. The monoisotopic (exact) mass is 588 g/mol. The maximum Gasteiger partial charge on any atom is 0.310 e. The van der Waals surface area contributed by atoms with Crippen molar-refractivity contribution >= 4 is 29.5 Å². The number of hydrogen-bond donors (Lipinski definition) is 1. The van der Waals surface area contributed by atoms with Gasteiger partial charge in [0.1, 0.15) is 6.04 Å². The minimum Gasteiger partial charge on any atom is -0.465 e. The molecule has 222 valence electrons. The van der Waals surface area contributed by atoms with Gasteiger partial charge in [0, 0.05) is 18.3 Å². The van der Waals surface area contributed by atoms with E-state index in [-0.39, 0.29) is 42.2 Å². The number of aliphatic hydroxyl groups excluding tert-OH is 1.